The summed E-state index contributed by atoms with van der Waals surface area (Å²) >= 11 is 0. The summed E-state index contributed by atoms with van der Waals surface area (Å²) in [5.74, 6) is -0.714. The Balaban J connectivity index is 2.06. The molecule has 0 saturated carbocycles. The Morgan fingerprint density at radius 3 is 2.08 bits per heavy atom. The van der Waals surface area contributed by atoms with Gasteiger partial charge < -0.3 is 10.2 Å². The van der Waals surface area contributed by atoms with Crippen molar-refractivity contribution in [3.05, 3.63) is 101 Å². The number of para-hydroxylation sites is 1. The highest BCUT2D eigenvalue weighted by atomic mass is 32.2. The van der Waals surface area contributed by atoms with Crippen LogP contribution < -0.4 is 9.62 Å². The molecule has 0 bridgehead atoms. The molecule has 3 rings (SSSR count). The SMILES string of the molecule is CCCNC(=O)[C@H](Cc1ccccc1)N(Cc1ccccc1C)C(=O)CN(c1ccccc1C)S(C)(=O)=O. The molecule has 0 saturated heterocycles. The number of sulfonamides is 1. The number of anilines is 1. The van der Waals surface area contributed by atoms with Gasteiger partial charge in [-0.1, -0.05) is 79.7 Å². The van der Waals surface area contributed by atoms with Gasteiger partial charge in [-0.2, -0.15) is 0 Å². The summed E-state index contributed by atoms with van der Waals surface area (Å²) in [6, 6.07) is 23.5. The number of carbonyl (C=O) groups excluding carboxylic acids is 2. The molecule has 0 unspecified atom stereocenters. The zero-order chi connectivity index (χ0) is 27.7. The van der Waals surface area contributed by atoms with Gasteiger partial charge in [0, 0.05) is 19.5 Å². The van der Waals surface area contributed by atoms with Crippen molar-refractivity contribution >= 4 is 27.5 Å². The standard InChI is InChI=1S/C30H37N3O4S/c1-5-19-31-30(35)28(20-25-15-7-6-8-16-25)32(21-26-17-11-9-13-23(26)2)29(34)22-33(38(4,36)37)27-18-12-10-14-24(27)3/h6-18,28H,5,19-22H2,1-4H3,(H,31,35)/t28-/m0/s1. The molecule has 7 nitrogen and oxygen atoms in total. The summed E-state index contributed by atoms with van der Waals surface area (Å²) in [7, 11) is -3.78. The third kappa shape index (κ3) is 7.68. The molecule has 8 heteroatoms. The van der Waals surface area contributed by atoms with E-state index in [1.54, 1.807) is 25.1 Å². The lowest BCUT2D eigenvalue weighted by atomic mass is 10.0. The van der Waals surface area contributed by atoms with E-state index >= 15 is 0 Å². The first-order chi connectivity index (χ1) is 18.1. The van der Waals surface area contributed by atoms with Crippen LogP contribution in [0.2, 0.25) is 0 Å². The highest BCUT2D eigenvalue weighted by molar-refractivity contribution is 7.92. The maximum atomic E-state index is 14.1. The molecule has 0 aliphatic carbocycles. The molecule has 0 fully saturated rings. The topological polar surface area (TPSA) is 86.8 Å². The molecule has 202 valence electrons. The van der Waals surface area contributed by atoms with Crippen LogP contribution in [0.25, 0.3) is 0 Å². The van der Waals surface area contributed by atoms with Gasteiger partial charge >= 0.3 is 0 Å². The summed E-state index contributed by atoms with van der Waals surface area (Å²) in [5, 5.41) is 2.95. The van der Waals surface area contributed by atoms with Crippen LogP contribution >= 0.6 is 0 Å². The van der Waals surface area contributed by atoms with Crippen LogP contribution in [0.5, 0.6) is 0 Å². The van der Waals surface area contributed by atoms with Gasteiger partial charge in [0.1, 0.15) is 12.6 Å². The summed E-state index contributed by atoms with van der Waals surface area (Å²) in [6.45, 7) is 5.97. The first-order valence-corrected chi connectivity index (χ1v) is 14.7. The molecule has 0 aliphatic rings. The monoisotopic (exact) mass is 535 g/mol. The molecule has 3 aromatic rings. The Bertz CT molecular complexity index is 1340. The fourth-order valence-corrected chi connectivity index (χ4v) is 5.24. The molecule has 0 aliphatic heterocycles. The van der Waals surface area contributed by atoms with Crippen LogP contribution in [0.15, 0.2) is 78.9 Å². The van der Waals surface area contributed by atoms with E-state index in [2.05, 4.69) is 5.32 Å². The van der Waals surface area contributed by atoms with Gasteiger partial charge in [0.15, 0.2) is 0 Å². The quantitative estimate of drug-likeness (QED) is 0.376. The van der Waals surface area contributed by atoms with Crippen LogP contribution in [0.1, 0.15) is 35.6 Å². The predicted octanol–water partition coefficient (Wildman–Crippen LogP) is 4.24. The van der Waals surface area contributed by atoms with Crippen molar-refractivity contribution < 1.29 is 18.0 Å². The third-order valence-electron chi connectivity index (χ3n) is 6.49. The smallest absolute Gasteiger partial charge is 0.244 e. The summed E-state index contributed by atoms with van der Waals surface area (Å²) in [6.07, 6.45) is 2.15. The number of nitrogens with zero attached hydrogens (tertiary/aromatic N) is 2. The minimum Gasteiger partial charge on any atom is -0.354 e. The second-order valence-corrected chi connectivity index (χ2v) is 11.4. The lowest BCUT2D eigenvalue weighted by Gasteiger charge is -2.34. The van der Waals surface area contributed by atoms with E-state index in [1.807, 2.05) is 74.5 Å². The zero-order valence-corrected chi connectivity index (χ0v) is 23.4. The molecule has 1 N–H and O–H groups in total. The fraction of sp³-hybridized carbons (Fsp3) is 0.333. The molecule has 3 aromatic carbocycles. The number of carbonyl (C=O) groups is 2. The Hall–Kier alpha value is -3.65. The molecule has 0 spiro atoms. The maximum absolute atomic E-state index is 14.1. The van der Waals surface area contributed by atoms with Crippen molar-refractivity contribution in [3.63, 3.8) is 0 Å². The largest absolute Gasteiger partial charge is 0.354 e. The van der Waals surface area contributed by atoms with E-state index in [-0.39, 0.29) is 12.5 Å². The number of nitrogens with one attached hydrogen (secondary N) is 1. The second kappa shape index (κ2) is 13.2. The number of aryl methyl sites for hydroxylation is 2. The number of amides is 2. The summed E-state index contributed by atoms with van der Waals surface area (Å²) < 4.78 is 26.9. The highest BCUT2D eigenvalue weighted by Gasteiger charge is 2.33. The van der Waals surface area contributed by atoms with E-state index in [1.165, 1.54) is 4.90 Å². The van der Waals surface area contributed by atoms with Crippen molar-refractivity contribution in [2.24, 2.45) is 0 Å². The van der Waals surface area contributed by atoms with Crippen molar-refractivity contribution in [2.75, 3.05) is 23.7 Å². The summed E-state index contributed by atoms with van der Waals surface area (Å²) in [4.78, 5) is 29.1. The van der Waals surface area contributed by atoms with Crippen molar-refractivity contribution in [1.29, 1.82) is 0 Å². The van der Waals surface area contributed by atoms with Gasteiger partial charge in [0.2, 0.25) is 21.8 Å². The average molecular weight is 536 g/mol. The Labute approximate surface area is 226 Å². The first kappa shape index (κ1) is 28.9. The van der Waals surface area contributed by atoms with Crippen molar-refractivity contribution in [2.45, 2.75) is 46.2 Å². The molecule has 0 heterocycles. The van der Waals surface area contributed by atoms with Crippen LogP contribution in [-0.4, -0.2) is 50.5 Å². The molecular formula is C30H37N3O4S. The highest BCUT2D eigenvalue weighted by Crippen LogP contribution is 2.24. The minimum atomic E-state index is -3.78. The van der Waals surface area contributed by atoms with Crippen LogP contribution in [0.3, 0.4) is 0 Å². The lowest BCUT2D eigenvalue weighted by Crippen LogP contribution is -2.53. The van der Waals surface area contributed by atoms with Crippen LogP contribution in [0.4, 0.5) is 5.69 Å². The van der Waals surface area contributed by atoms with E-state index in [9.17, 15) is 18.0 Å². The third-order valence-corrected chi connectivity index (χ3v) is 7.61. The Kier molecular flexibility index (Phi) is 10.1. The average Bonchev–Trinajstić information content (AvgIpc) is 2.89. The molecule has 1 atom stereocenters. The van der Waals surface area contributed by atoms with Gasteiger partial charge in [-0.3, -0.25) is 13.9 Å². The molecule has 0 radical (unpaired) electrons. The molecule has 0 aromatic heterocycles. The maximum Gasteiger partial charge on any atom is 0.244 e. The van der Waals surface area contributed by atoms with Crippen LogP contribution in [0, 0.1) is 13.8 Å². The zero-order valence-electron chi connectivity index (χ0n) is 22.6. The molecule has 38 heavy (non-hydrogen) atoms. The number of hydrogen-bond acceptors (Lipinski definition) is 4. The Morgan fingerprint density at radius 2 is 1.47 bits per heavy atom. The number of benzene rings is 3. The second-order valence-electron chi connectivity index (χ2n) is 9.50. The van der Waals surface area contributed by atoms with Gasteiger partial charge in [-0.15, -0.1) is 0 Å². The van der Waals surface area contributed by atoms with Crippen molar-refractivity contribution in [3.8, 4) is 0 Å². The molecule has 2 amide bonds. The summed E-state index contributed by atoms with van der Waals surface area (Å²) in [5.41, 5.74) is 3.96. The normalized spacial score (nSPS) is 12.0. The number of hydrogen-bond donors (Lipinski definition) is 1. The first-order valence-electron chi connectivity index (χ1n) is 12.8. The van der Waals surface area contributed by atoms with E-state index in [4.69, 9.17) is 0 Å². The van der Waals surface area contributed by atoms with Crippen molar-refractivity contribution in [1.82, 2.24) is 10.2 Å². The predicted molar refractivity (Wildman–Crippen MR) is 152 cm³/mol. The molecular weight excluding hydrogens is 498 g/mol. The van der Waals surface area contributed by atoms with E-state index < -0.39 is 28.5 Å². The van der Waals surface area contributed by atoms with E-state index in [0.717, 1.165) is 39.2 Å². The number of rotatable bonds is 12. The van der Waals surface area contributed by atoms with Gasteiger partial charge in [0.25, 0.3) is 0 Å². The van der Waals surface area contributed by atoms with Crippen LogP contribution in [-0.2, 0) is 32.6 Å². The fourth-order valence-electron chi connectivity index (χ4n) is 4.33. The minimum absolute atomic E-state index is 0.175. The van der Waals surface area contributed by atoms with Gasteiger partial charge in [0.05, 0.1) is 11.9 Å². The van der Waals surface area contributed by atoms with E-state index in [0.29, 0.717) is 18.7 Å². The Morgan fingerprint density at radius 1 is 0.868 bits per heavy atom. The lowest BCUT2D eigenvalue weighted by molar-refractivity contribution is -0.140. The van der Waals surface area contributed by atoms with Gasteiger partial charge in [-0.25, -0.2) is 8.42 Å². The van der Waals surface area contributed by atoms with Gasteiger partial charge in [-0.05, 0) is 48.6 Å².